The summed E-state index contributed by atoms with van der Waals surface area (Å²) in [5, 5.41) is 10.6. The lowest BCUT2D eigenvalue weighted by Gasteiger charge is -2.24. The van der Waals surface area contributed by atoms with Gasteiger partial charge in [0, 0.05) is 6.42 Å². The number of benzene rings is 2. The fourth-order valence-electron chi connectivity index (χ4n) is 3.34. The molecule has 1 saturated heterocycles. The lowest BCUT2D eigenvalue weighted by Crippen LogP contribution is -2.39. The SMILES string of the molecule is C=CCC1C[C@@H](OCc2ccccc2)[C@H]([C@H](O)COCc2ccccc2)O1. The van der Waals surface area contributed by atoms with Crippen molar-refractivity contribution < 1.29 is 19.3 Å². The monoisotopic (exact) mass is 368 g/mol. The molecular weight excluding hydrogens is 340 g/mol. The van der Waals surface area contributed by atoms with Crippen LogP contribution in [0.3, 0.4) is 0 Å². The Kier molecular flexibility index (Phi) is 7.60. The predicted molar refractivity (Wildman–Crippen MR) is 105 cm³/mol. The molecule has 0 bridgehead atoms. The third-order valence-corrected chi connectivity index (χ3v) is 4.73. The van der Waals surface area contributed by atoms with E-state index in [1.807, 2.05) is 66.7 Å². The summed E-state index contributed by atoms with van der Waals surface area (Å²) in [4.78, 5) is 0. The van der Waals surface area contributed by atoms with Gasteiger partial charge in [-0.15, -0.1) is 6.58 Å². The summed E-state index contributed by atoms with van der Waals surface area (Å²) in [5.74, 6) is 0. The molecule has 144 valence electrons. The fraction of sp³-hybridized carbons (Fsp3) is 0.391. The van der Waals surface area contributed by atoms with Gasteiger partial charge in [0.2, 0.25) is 0 Å². The summed E-state index contributed by atoms with van der Waals surface area (Å²) in [6.07, 6.45) is 2.08. The van der Waals surface area contributed by atoms with Crippen LogP contribution in [-0.4, -0.2) is 36.1 Å². The maximum Gasteiger partial charge on any atom is 0.112 e. The third-order valence-electron chi connectivity index (χ3n) is 4.73. The van der Waals surface area contributed by atoms with Crippen molar-refractivity contribution in [2.75, 3.05) is 6.61 Å². The minimum atomic E-state index is -0.732. The molecule has 0 aromatic heterocycles. The van der Waals surface area contributed by atoms with Crippen LogP contribution in [0.1, 0.15) is 24.0 Å². The molecule has 1 aliphatic rings. The Hall–Kier alpha value is -1.98. The molecule has 27 heavy (non-hydrogen) atoms. The molecule has 1 heterocycles. The van der Waals surface area contributed by atoms with Crippen molar-refractivity contribution in [2.24, 2.45) is 0 Å². The molecule has 1 N–H and O–H groups in total. The molecule has 0 aliphatic carbocycles. The van der Waals surface area contributed by atoms with Gasteiger partial charge in [-0.3, -0.25) is 0 Å². The van der Waals surface area contributed by atoms with E-state index >= 15 is 0 Å². The highest BCUT2D eigenvalue weighted by Gasteiger charge is 2.39. The summed E-state index contributed by atoms with van der Waals surface area (Å²) in [5.41, 5.74) is 2.19. The first kappa shape index (κ1) is 19.8. The number of aliphatic hydroxyl groups excluding tert-OH is 1. The summed E-state index contributed by atoms with van der Waals surface area (Å²) in [6.45, 7) is 4.97. The average Bonchev–Trinajstić information content (AvgIpc) is 3.11. The Labute approximate surface area is 161 Å². The maximum atomic E-state index is 10.6. The second-order valence-electron chi connectivity index (χ2n) is 6.89. The Morgan fingerprint density at radius 3 is 2.30 bits per heavy atom. The number of aliphatic hydroxyl groups is 1. The molecule has 0 spiro atoms. The summed E-state index contributed by atoms with van der Waals surface area (Å²) in [7, 11) is 0. The molecule has 2 aromatic rings. The van der Waals surface area contributed by atoms with Crippen molar-refractivity contribution in [2.45, 2.75) is 50.5 Å². The molecule has 4 atom stereocenters. The molecule has 1 aliphatic heterocycles. The summed E-state index contributed by atoms with van der Waals surface area (Å²) >= 11 is 0. The predicted octanol–water partition coefficient (Wildman–Crippen LogP) is 3.88. The van der Waals surface area contributed by atoms with Crippen molar-refractivity contribution in [1.82, 2.24) is 0 Å². The second kappa shape index (κ2) is 10.4. The van der Waals surface area contributed by atoms with Crippen LogP contribution in [-0.2, 0) is 27.4 Å². The van der Waals surface area contributed by atoms with E-state index in [1.165, 1.54) is 0 Å². The smallest absolute Gasteiger partial charge is 0.112 e. The minimum Gasteiger partial charge on any atom is -0.388 e. The van der Waals surface area contributed by atoms with Crippen molar-refractivity contribution in [3.8, 4) is 0 Å². The van der Waals surface area contributed by atoms with E-state index in [1.54, 1.807) is 0 Å². The summed E-state index contributed by atoms with van der Waals surface area (Å²) < 4.78 is 17.8. The van der Waals surface area contributed by atoms with Gasteiger partial charge >= 0.3 is 0 Å². The average molecular weight is 368 g/mol. The van der Waals surface area contributed by atoms with Crippen molar-refractivity contribution in [3.63, 3.8) is 0 Å². The first-order chi connectivity index (χ1) is 13.3. The largest absolute Gasteiger partial charge is 0.388 e. The molecule has 0 amide bonds. The molecule has 1 unspecified atom stereocenters. The van der Waals surface area contributed by atoms with E-state index in [2.05, 4.69) is 6.58 Å². The van der Waals surface area contributed by atoms with Crippen LogP contribution in [0.25, 0.3) is 0 Å². The van der Waals surface area contributed by atoms with Gasteiger partial charge in [0.15, 0.2) is 0 Å². The Morgan fingerprint density at radius 1 is 1.04 bits per heavy atom. The molecule has 1 fully saturated rings. The van der Waals surface area contributed by atoms with Crippen molar-refractivity contribution in [3.05, 3.63) is 84.4 Å². The van der Waals surface area contributed by atoms with Gasteiger partial charge in [0.1, 0.15) is 12.2 Å². The zero-order chi connectivity index (χ0) is 18.9. The first-order valence-corrected chi connectivity index (χ1v) is 9.48. The zero-order valence-electron chi connectivity index (χ0n) is 15.6. The summed E-state index contributed by atoms with van der Waals surface area (Å²) in [6, 6.07) is 20.0. The van der Waals surface area contributed by atoms with Gasteiger partial charge < -0.3 is 19.3 Å². The Morgan fingerprint density at radius 2 is 1.67 bits per heavy atom. The Bertz CT molecular complexity index is 673. The quantitative estimate of drug-likeness (QED) is 0.647. The van der Waals surface area contributed by atoms with Gasteiger partial charge in [-0.25, -0.2) is 0 Å². The van der Waals surface area contributed by atoms with Gasteiger partial charge in [-0.05, 0) is 17.5 Å². The topological polar surface area (TPSA) is 47.9 Å². The lowest BCUT2D eigenvalue weighted by molar-refractivity contribution is -0.109. The van der Waals surface area contributed by atoms with Crippen LogP contribution in [0.15, 0.2) is 73.3 Å². The van der Waals surface area contributed by atoms with Crippen LogP contribution >= 0.6 is 0 Å². The molecule has 0 radical (unpaired) electrons. The maximum absolute atomic E-state index is 10.6. The van der Waals surface area contributed by atoms with E-state index in [0.717, 1.165) is 24.0 Å². The molecule has 4 nitrogen and oxygen atoms in total. The van der Waals surface area contributed by atoms with E-state index in [9.17, 15) is 5.11 Å². The van der Waals surface area contributed by atoms with Gasteiger partial charge in [-0.2, -0.15) is 0 Å². The second-order valence-corrected chi connectivity index (χ2v) is 6.89. The van der Waals surface area contributed by atoms with E-state index < -0.39 is 12.2 Å². The van der Waals surface area contributed by atoms with Crippen molar-refractivity contribution in [1.29, 1.82) is 0 Å². The van der Waals surface area contributed by atoms with E-state index in [-0.39, 0.29) is 18.8 Å². The lowest BCUT2D eigenvalue weighted by atomic mass is 10.1. The van der Waals surface area contributed by atoms with Gasteiger partial charge in [-0.1, -0.05) is 66.7 Å². The van der Waals surface area contributed by atoms with Crippen LogP contribution in [0, 0.1) is 0 Å². The molecule has 0 saturated carbocycles. The van der Waals surface area contributed by atoms with E-state index in [0.29, 0.717) is 13.2 Å². The first-order valence-electron chi connectivity index (χ1n) is 9.48. The van der Waals surface area contributed by atoms with E-state index in [4.69, 9.17) is 14.2 Å². The third kappa shape index (κ3) is 6.01. The highest BCUT2D eigenvalue weighted by Crippen LogP contribution is 2.29. The normalized spacial score (nSPS) is 23.2. The highest BCUT2D eigenvalue weighted by molar-refractivity contribution is 5.14. The minimum absolute atomic E-state index is 0.0250. The molecular formula is C23H28O4. The number of hydrogen-bond donors (Lipinski definition) is 1. The highest BCUT2D eigenvalue weighted by atomic mass is 16.6. The number of hydrogen-bond acceptors (Lipinski definition) is 4. The Balaban J connectivity index is 1.53. The zero-order valence-corrected chi connectivity index (χ0v) is 15.6. The molecule has 4 heteroatoms. The molecule has 2 aromatic carbocycles. The fourth-order valence-corrected chi connectivity index (χ4v) is 3.34. The van der Waals surface area contributed by atoms with Gasteiger partial charge in [0.25, 0.3) is 0 Å². The molecule has 3 rings (SSSR count). The standard InChI is InChI=1S/C23H28O4/c1-2-9-20-14-22(26-16-19-12-7-4-8-13-19)23(27-20)21(24)17-25-15-18-10-5-3-6-11-18/h2-8,10-13,20-24H,1,9,14-17H2/t20?,21-,22-,23+/m1/s1. The van der Waals surface area contributed by atoms with Crippen LogP contribution < -0.4 is 0 Å². The van der Waals surface area contributed by atoms with Crippen LogP contribution in [0.2, 0.25) is 0 Å². The van der Waals surface area contributed by atoms with Crippen molar-refractivity contribution >= 4 is 0 Å². The number of ether oxygens (including phenoxy) is 3. The van der Waals surface area contributed by atoms with Crippen LogP contribution in [0.4, 0.5) is 0 Å². The number of rotatable bonds is 10. The van der Waals surface area contributed by atoms with Gasteiger partial charge in [0.05, 0.1) is 32.0 Å². The van der Waals surface area contributed by atoms with Crippen LogP contribution in [0.5, 0.6) is 0 Å².